The lowest BCUT2D eigenvalue weighted by Gasteiger charge is -2.39. The van der Waals surface area contributed by atoms with E-state index >= 15 is 0 Å². The minimum absolute atomic E-state index is 0.156. The third kappa shape index (κ3) is 4.65. The molecular formula is C14H27N3. The summed E-state index contributed by atoms with van der Waals surface area (Å²) in [5.74, 6) is 0. The van der Waals surface area contributed by atoms with Crippen molar-refractivity contribution >= 4 is 0 Å². The second kappa shape index (κ2) is 6.37. The van der Waals surface area contributed by atoms with Crippen molar-refractivity contribution in [1.82, 2.24) is 9.80 Å². The second-order valence-electron chi connectivity index (χ2n) is 5.94. The standard InChI is InChI=1S/C14H27N3/c1-5-13-11-17(10-9-16(13)4)8-6-7-14(2,3)12-15/h13H,5-11H2,1-4H3. The average Bonchev–Trinajstić information content (AvgIpc) is 2.31. The van der Waals surface area contributed by atoms with Crippen LogP contribution in [-0.2, 0) is 0 Å². The molecule has 1 aliphatic heterocycles. The van der Waals surface area contributed by atoms with E-state index in [0.29, 0.717) is 6.04 Å². The van der Waals surface area contributed by atoms with Crippen molar-refractivity contribution in [3.8, 4) is 6.07 Å². The van der Waals surface area contributed by atoms with Gasteiger partial charge in [-0.15, -0.1) is 0 Å². The van der Waals surface area contributed by atoms with E-state index in [1.165, 1.54) is 26.1 Å². The van der Waals surface area contributed by atoms with Crippen LogP contribution in [0.15, 0.2) is 0 Å². The molecule has 0 aromatic heterocycles. The predicted molar refractivity (Wildman–Crippen MR) is 71.8 cm³/mol. The highest BCUT2D eigenvalue weighted by Crippen LogP contribution is 2.21. The van der Waals surface area contributed by atoms with Gasteiger partial charge in [0.15, 0.2) is 0 Å². The van der Waals surface area contributed by atoms with E-state index in [4.69, 9.17) is 5.26 Å². The number of rotatable bonds is 5. The molecule has 0 aliphatic carbocycles. The Bertz CT molecular complexity index is 267. The Kier molecular flexibility index (Phi) is 5.42. The van der Waals surface area contributed by atoms with Crippen LogP contribution in [0.1, 0.15) is 40.0 Å². The Hall–Kier alpha value is -0.590. The van der Waals surface area contributed by atoms with Gasteiger partial charge in [-0.25, -0.2) is 0 Å². The number of nitrogens with zero attached hydrogens (tertiary/aromatic N) is 3. The predicted octanol–water partition coefficient (Wildman–Crippen LogP) is 2.34. The van der Waals surface area contributed by atoms with Crippen LogP contribution in [0.5, 0.6) is 0 Å². The molecule has 1 fully saturated rings. The number of hydrogen-bond donors (Lipinski definition) is 0. The maximum atomic E-state index is 8.98. The van der Waals surface area contributed by atoms with Crippen molar-refractivity contribution in [3.63, 3.8) is 0 Å². The summed E-state index contributed by atoms with van der Waals surface area (Å²) in [7, 11) is 2.23. The van der Waals surface area contributed by atoms with Gasteiger partial charge in [-0.05, 0) is 46.7 Å². The molecule has 0 radical (unpaired) electrons. The fourth-order valence-corrected chi connectivity index (χ4v) is 2.45. The summed E-state index contributed by atoms with van der Waals surface area (Å²) >= 11 is 0. The second-order valence-corrected chi connectivity index (χ2v) is 5.94. The lowest BCUT2D eigenvalue weighted by Crippen LogP contribution is -2.51. The summed E-state index contributed by atoms with van der Waals surface area (Å²) in [5, 5.41) is 8.98. The van der Waals surface area contributed by atoms with Crippen molar-refractivity contribution in [2.45, 2.75) is 46.1 Å². The van der Waals surface area contributed by atoms with Gasteiger partial charge in [0.25, 0.3) is 0 Å². The van der Waals surface area contributed by atoms with Crippen LogP contribution in [0.25, 0.3) is 0 Å². The van der Waals surface area contributed by atoms with Crippen molar-refractivity contribution in [1.29, 1.82) is 5.26 Å². The van der Waals surface area contributed by atoms with Gasteiger partial charge in [0.2, 0.25) is 0 Å². The van der Waals surface area contributed by atoms with Gasteiger partial charge in [0.1, 0.15) is 0 Å². The summed E-state index contributed by atoms with van der Waals surface area (Å²) in [6, 6.07) is 3.09. The van der Waals surface area contributed by atoms with Crippen molar-refractivity contribution in [2.24, 2.45) is 5.41 Å². The normalized spacial score (nSPS) is 23.6. The first-order valence-electron chi connectivity index (χ1n) is 6.82. The molecule has 0 aromatic carbocycles. The largest absolute Gasteiger partial charge is 0.301 e. The van der Waals surface area contributed by atoms with Crippen molar-refractivity contribution < 1.29 is 0 Å². The summed E-state index contributed by atoms with van der Waals surface area (Å²) in [4.78, 5) is 5.03. The maximum absolute atomic E-state index is 8.98. The molecule has 0 saturated carbocycles. The van der Waals surface area contributed by atoms with E-state index < -0.39 is 0 Å². The maximum Gasteiger partial charge on any atom is 0.0683 e. The third-order valence-corrected chi connectivity index (χ3v) is 3.91. The monoisotopic (exact) mass is 237 g/mol. The lowest BCUT2D eigenvalue weighted by atomic mass is 9.90. The molecule has 0 aromatic rings. The first kappa shape index (κ1) is 14.5. The smallest absolute Gasteiger partial charge is 0.0683 e. The molecule has 17 heavy (non-hydrogen) atoms. The number of hydrogen-bond acceptors (Lipinski definition) is 3. The Balaban J connectivity index is 2.27. The van der Waals surface area contributed by atoms with Crippen LogP contribution in [0.2, 0.25) is 0 Å². The molecule has 98 valence electrons. The summed E-state index contributed by atoms with van der Waals surface area (Å²) < 4.78 is 0. The average molecular weight is 237 g/mol. The summed E-state index contributed by atoms with van der Waals surface area (Å²) in [6.07, 6.45) is 3.38. The topological polar surface area (TPSA) is 30.3 Å². The molecule has 1 atom stereocenters. The lowest BCUT2D eigenvalue weighted by molar-refractivity contribution is 0.0906. The molecule has 1 unspecified atom stereocenters. The van der Waals surface area contributed by atoms with Crippen LogP contribution < -0.4 is 0 Å². The van der Waals surface area contributed by atoms with Gasteiger partial charge in [0, 0.05) is 25.7 Å². The minimum Gasteiger partial charge on any atom is -0.301 e. The molecule has 1 heterocycles. The first-order chi connectivity index (χ1) is 7.98. The third-order valence-electron chi connectivity index (χ3n) is 3.91. The number of piperazine rings is 1. The molecule has 1 aliphatic rings. The molecule has 0 N–H and O–H groups in total. The zero-order valence-electron chi connectivity index (χ0n) is 11.9. The van der Waals surface area contributed by atoms with Crippen LogP contribution >= 0.6 is 0 Å². The van der Waals surface area contributed by atoms with Gasteiger partial charge >= 0.3 is 0 Å². The van der Waals surface area contributed by atoms with E-state index in [-0.39, 0.29) is 5.41 Å². The van der Waals surface area contributed by atoms with E-state index in [9.17, 15) is 0 Å². The summed E-state index contributed by atoms with van der Waals surface area (Å²) in [5.41, 5.74) is -0.156. The SMILES string of the molecule is CCC1CN(CCCC(C)(C)C#N)CCN1C. The molecule has 0 bridgehead atoms. The minimum atomic E-state index is -0.156. The number of likely N-dealkylation sites (N-methyl/N-ethyl adjacent to an activating group) is 1. The van der Waals surface area contributed by atoms with Crippen LogP contribution in [-0.4, -0.2) is 49.1 Å². The van der Waals surface area contributed by atoms with E-state index in [0.717, 1.165) is 19.4 Å². The molecule has 3 heteroatoms. The Morgan fingerprint density at radius 3 is 2.65 bits per heavy atom. The van der Waals surface area contributed by atoms with Crippen LogP contribution in [0.3, 0.4) is 0 Å². The van der Waals surface area contributed by atoms with Gasteiger partial charge < -0.3 is 9.80 Å². The van der Waals surface area contributed by atoms with Gasteiger partial charge in [-0.1, -0.05) is 6.92 Å². The Morgan fingerprint density at radius 1 is 1.35 bits per heavy atom. The van der Waals surface area contributed by atoms with E-state index in [1.54, 1.807) is 0 Å². The fourth-order valence-electron chi connectivity index (χ4n) is 2.45. The van der Waals surface area contributed by atoms with Gasteiger partial charge in [-0.2, -0.15) is 5.26 Å². The zero-order valence-corrected chi connectivity index (χ0v) is 11.9. The Morgan fingerprint density at radius 2 is 2.06 bits per heavy atom. The van der Waals surface area contributed by atoms with Crippen LogP contribution in [0.4, 0.5) is 0 Å². The van der Waals surface area contributed by atoms with Gasteiger partial charge in [-0.3, -0.25) is 0 Å². The Labute approximate surface area is 106 Å². The molecule has 0 spiro atoms. The summed E-state index contributed by atoms with van der Waals surface area (Å²) in [6.45, 7) is 11.0. The molecule has 1 saturated heterocycles. The highest BCUT2D eigenvalue weighted by molar-refractivity contribution is 4.91. The molecule has 1 rings (SSSR count). The highest BCUT2D eigenvalue weighted by Gasteiger charge is 2.23. The zero-order chi connectivity index (χ0) is 12.9. The molecular weight excluding hydrogens is 210 g/mol. The van der Waals surface area contributed by atoms with E-state index in [2.05, 4.69) is 29.8 Å². The molecule has 3 nitrogen and oxygen atoms in total. The quantitative estimate of drug-likeness (QED) is 0.735. The highest BCUT2D eigenvalue weighted by atomic mass is 15.3. The fraction of sp³-hybridized carbons (Fsp3) is 0.929. The molecule has 0 amide bonds. The van der Waals surface area contributed by atoms with Gasteiger partial charge in [0.05, 0.1) is 11.5 Å². The van der Waals surface area contributed by atoms with Crippen molar-refractivity contribution in [2.75, 3.05) is 33.2 Å². The van der Waals surface area contributed by atoms with Crippen LogP contribution in [0, 0.1) is 16.7 Å². The van der Waals surface area contributed by atoms with E-state index in [1.807, 2.05) is 13.8 Å². The first-order valence-corrected chi connectivity index (χ1v) is 6.82. The number of nitriles is 1. The van der Waals surface area contributed by atoms with Crippen molar-refractivity contribution in [3.05, 3.63) is 0 Å².